The van der Waals surface area contributed by atoms with Crippen molar-refractivity contribution in [3.8, 4) is 0 Å². The van der Waals surface area contributed by atoms with Crippen molar-refractivity contribution in [2.45, 2.75) is 57.7 Å². The monoisotopic (exact) mass is 417 g/mol. The molecule has 6 N–H and O–H groups in total. The Hall–Kier alpha value is -2.87. The molecule has 0 atom stereocenters. The molecule has 0 saturated carbocycles. The van der Waals surface area contributed by atoms with Crippen LogP contribution in [0.5, 0.6) is 0 Å². The lowest BCUT2D eigenvalue weighted by Gasteiger charge is -2.46. The van der Waals surface area contributed by atoms with E-state index in [0.717, 1.165) is 30.6 Å². The third kappa shape index (κ3) is 5.82. The summed E-state index contributed by atoms with van der Waals surface area (Å²) in [6, 6.07) is 2.04. The molecule has 1 saturated heterocycles. The van der Waals surface area contributed by atoms with Gasteiger partial charge in [0, 0.05) is 48.0 Å². The normalized spacial score (nSPS) is 18.9. The summed E-state index contributed by atoms with van der Waals surface area (Å²) in [7, 11) is 0. The Labute approximate surface area is 175 Å². The highest BCUT2D eigenvalue weighted by Gasteiger charge is 2.38. The number of halogens is 2. The Bertz CT molecular complexity index is 879. The summed E-state index contributed by atoms with van der Waals surface area (Å²) in [6.45, 7) is 8.27. The number of rotatable bonds is 6. The lowest BCUT2D eigenvalue weighted by molar-refractivity contribution is 0.0485. The molecule has 0 spiro atoms. The Balaban J connectivity index is 2.12. The maximum absolute atomic E-state index is 14.4. The second-order valence-corrected chi connectivity index (χ2v) is 8.73. The van der Waals surface area contributed by atoms with E-state index in [-0.39, 0.29) is 34.2 Å². The second kappa shape index (κ2) is 8.87. The molecule has 0 amide bonds. The van der Waals surface area contributed by atoms with Gasteiger partial charge in [0.1, 0.15) is 17.7 Å². The average Bonchev–Trinajstić information content (AvgIpc) is 2.57. The fourth-order valence-electron chi connectivity index (χ4n) is 4.00. The molecule has 162 valence electrons. The summed E-state index contributed by atoms with van der Waals surface area (Å²) in [6.07, 6.45) is 5.56. The quantitative estimate of drug-likeness (QED) is 0.353. The van der Waals surface area contributed by atoms with Crippen molar-refractivity contribution in [3.63, 3.8) is 0 Å². The number of hydrogen-bond donors (Lipinski definition) is 5. The first kappa shape index (κ1) is 23.4. The number of allylic oxidation sites excluding steroid dienone is 2. The van der Waals surface area contributed by atoms with Crippen LogP contribution >= 0.6 is 0 Å². The minimum Gasteiger partial charge on any atom is -0.475 e. The second-order valence-electron chi connectivity index (χ2n) is 8.73. The summed E-state index contributed by atoms with van der Waals surface area (Å²) in [5.74, 6) is -2.07. The number of hydrogen-bond acceptors (Lipinski definition) is 6. The number of piperidine rings is 1. The van der Waals surface area contributed by atoms with Gasteiger partial charge in [-0.3, -0.25) is 5.41 Å². The molecule has 0 bridgehead atoms. The van der Waals surface area contributed by atoms with Crippen molar-refractivity contribution in [3.05, 3.63) is 53.2 Å². The van der Waals surface area contributed by atoms with Crippen molar-refractivity contribution in [1.29, 1.82) is 16.2 Å². The summed E-state index contributed by atoms with van der Waals surface area (Å²) >= 11 is 0. The third-order valence-electron chi connectivity index (χ3n) is 4.83. The van der Waals surface area contributed by atoms with Gasteiger partial charge < -0.3 is 26.6 Å². The smallest absolute Gasteiger partial charge is 0.206 e. The molecule has 1 aromatic carbocycles. The number of nitrogens with one attached hydrogen (secondary N) is 4. The lowest BCUT2D eigenvalue weighted by Crippen LogP contribution is -2.59. The first-order valence-electron chi connectivity index (χ1n) is 9.61. The SMILES string of the molecule is CC1(C)CC(OC(=N)/C=C\C(=N)c2c(F)cc(/C(C=N)=C/N)cc2F)CC(C)(C)N1. The van der Waals surface area contributed by atoms with Crippen LogP contribution in [0.3, 0.4) is 0 Å². The van der Waals surface area contributed by atoms with Gasteiger partial charge in [-0.15, -0.1) is 0 Å². The Morgan fingerprint density at radius 2 is 1.63 bits per heavy atom. The maximum Gasteiger partial charge on any atom is 0.206 e. The lowest BCUT2D eigenvalue weighted by atomic mass is 9.81. The van der Waals surface area contributed by atoms with E-state index in [2.05, 4.69) is 33.0 Å². The molecule has 1 aromatic rings. The van der Waals surface area contributed by atoms with Crippen LogP contribution < -0.4 is 11.1 Å². The van der Waals surface area contributed by atoms with Gasteiger partial charge in [0.25, 0.3) is 0 Å². The van der Waals surface area contributed by atoms with Gasteiger partial charge in [-0.2, -0.15) is 0 Å². The molecule has 0 aromatic heterocycles. The van der Waals surface area contributed by atoms with Gasteiger partial charge >= 0.3 is 0 Å². The molecule has 1 fully saturated rings. The molecule has 1 heterocycles. The van der Waals surface area contributed by atoms with E-state index >= 15 is 0 Å². The van der Waals surface area contributed by atoms with E-state index in [1.54, 1.807) is 0 Å². The van der Waals surface area contributed by atoms with Crippen molar-refractivity contribution < 1.29 is 13.5 Å². The van der Waals surface area contributed by atoms with Crippen molar-refractivity contribution in [2.24, 2.45) is 5.73 Å². The molecule has 1 aliphatic rings. The standard InChI is InChI=1S/C22H29F2N5O/c1-21(2)9-15(10-22(3,4)29-21)30-19(28)6-5-18(27)20-16(23)7-13(8-17(20)24)14(11-25)12-26/h5-8,11-12,15,25,27-29H,9-10,26H2,1-4H3/b6-5-,14-12+,25-11?,27-18?,28-19?. The number of nitrogens with two attached hydrogens (primary N) is 1. The zero-order chi connectivity index (χ0) is 22.7. The fraction of sp³-hybridized carbons (Fsp3) is 0.409. The van der Waals surface area contributed by atoms with Gasteiger partial charge in [0.15, 0.2) is 0 Å². The summed E-state index contributed by atoms with van der Waals surface area (Å²) in [5, 5.41) is 26.8. The van der Waals surface area contributed by atoms with Crippen LogP contribution in [0, 0.1) is 27.9 Å². The highest BCUT2D eigenvalue weighted by atomic mass is 19.1. The number of ether oxygens (including phenoxy) is 1. The van der Waals surface area contributed by atoms with Gasteiger partial charge in [-0.1, -0.05) is 0 Å². The third-order valence-corrected chi connectivity index (χ3v) is 4.83. The Morgan fingerprint density at radius 3 is 2.10 bits per heavy atom. The summed E-state index contributed by atoms with van der Waals surface area (Å²) in [5.41, 5.74) is 4.37. The summed E-state index contributed by atoms with van der Waals surface area (Å²) in [4.78, 5) is 0. The van der Waals surface area contributed by atoms with Crippen LogP contribution in [0.4, 0.5) is 8.78 Å². The average molecular weight is 418 g/mol. The summed E-state index contributed by atoms with van der Waals surface area (Å²) < 4.78 is 34.5. The van der Waals surface area contributed by atoms with Gasteiger partial charge in [-0.05, 0) is 51.5 Å². The van der Waals surface area contributed by atoms with Gasteiger partial charge in [0.2, 0.25) is 5.90 Å². The number of benzene rings is 1. The molecule has 0 unspecified atom stereocenters. The molecular formula is C22H29F2N5O. The molecule has 0 radical (unpaired) electrons. The molecular weight excluding hydrogens is 388 g/mol. The van der Waals surface area contributed by atoms with E-state index in [4.69, 9.17) is 26.7 Å². The molecule has 1 aliphatic heterocycles. The first-order chi connectivity index (χ1) is 13.9. The highest BCUT2D eigenvalue weighted by Crippen LogP contribution is 2.30. The molecule has 30 heavy (non-hydrogen) atoms. The van der Waals surface area contributed by atoms with Gasteiger partial charge in [-0.25, -0.2) is 8.78 Å². The Kier molecular flexibility index (Phi) is 6.92. The van der Waals surface area contributed by atoms with Crippen LogP contribution in [-0.4, -0.2) is 35.0 Å². The van der Waals surface area contributed by atoms with Crippen LogP contribution in [0.1, 0.15) is 51.7 Å². The minimum absolute atomic E-state index is 0.107. The van der Waals surface area contributed by atoms with Gasteiger partial charge in [0.05, 0.1) is 11.3 Å². The van der Waals surface area contributed by atoms with E-state index in [1.165, 1.54) is 6.08 Å². The zero-order valence-corrected chi connectivity index (χ0v) is 17.7. The van der Waals surface area contributed by atoms with Crippen LogP contribution in [-0.2, 0) is 4.74 Å². The first-order valence-corrected chi connectivity index (χ1v) is 9.61. The minimum atomic E-state index is -0.949. The predicted molar refractivity (Wildman–Crippen MR) is 116 cm³/mol. The largest absolute Gasteiger partial charge is 0.475 e. The van der Waals surface area contributed by atoms with Crippen LogP contribution in [0.2, 0.25) is 0 Å². The molecule has 0 aliphatic carbocycles. The van der Waals surface area contributed by atoms with Crippen molar-refractivity contribution >= 4 is 23.4 Å². The highest BCUT2D eigenvalue weighted by molar-refractivity contribution is 6.11. The predicted octanol–water partition coefficient (Wildman–Crippen LogP) is 4.14. The van der Waals surface area contributed by atoms with Crippen molar-refractivity contribution in [1.82, 2.24) is 5.32 Å². The topological polar surface area (TPSA) is 119 Å². The zero-order valence-electron chi connectivity index (χ0n) is 17.7. The van der Waals surface area contributed by atoms with Crippen molar-refractivity contribution in [2.75, 3.05) is 0 Å². The van der Waals surface area contributed by atoms with E-state index in [1.807, 2.05) is 0 Å². The van der Waals surface area contributed by atoms with E-state index in [0.29, 0.717) is 12.8 Å². The fourth-order valence-corrected chi connectivity index (χ4v) is 4.00. The van der Waals surface area contributed by atoms with E-state index < -0.39 is 22.9 Å². The van der Waals surface area contributed by atoms with E-state index in [9.17, 15) is 8.78 Å². The molecule has 8 heteroatoms. The maximum atomic E-state index is 14.4. The molecule has 6 nitrogen and oxygen atoms in total. The van der Waals surface area contributed by atoms with Crippen LogP contribution in [0.25, 0.3) is 5.57 Å². The Morgan fingerprint density at radius 1 is 1.10 bits per heavy atom. The van der Waals surface area contributed by atoms with Crippen LogP contribution in [0.15, 0.2) is 30.5 Å². The molecule has 2 rings (SSSR count).